The summed E-state index contributed by atoms with van der Waals surface area (Å²) in [6.45, 7) is 1.13. The first-order chi connectivity index (χ1) is 9.31. The fourth-order valence-corrected chi connectivity index (χ4v) is 1.69. The maximum absolute atomic E-state index is 5.68. The van der Waals surface area contributed by atoms with E-state index in [1.54, 1.807) is 7.11 Å². The monoisotopic (exact) mass is 258 g/mol. The second-order valence-corrected chi connectivity index (χ2v) is 4.16. The van der Waals surface area contributed by atoms with Crippen LogP contribution in [0.4, 0.5) is 0 Å². The van der Waals surface area contributed by atoms with E-state index >= 15 is 0 Å². The van der Waals surface area contributed by atoms with E-state index in [2.05, 4.69) is 4.98 Å². The zero-order chi connectivity index (χ0) is 13.5. The van der Waals surface area contributed by atoms with Crippen LogP contribution in [-0.4, -0.2) is 18.7 Å². The molecule has 0 aliphatic carbocycles. The first-order valence-electron chi connectivity index (χ1n) is 6.23. The molecule has 0 saturated heterocycles. The fourth-order valence-electron chi connectivity index (χ4n) is 1.69. The summed E-state index contributed by atoms with van der Waals surface area (Å²) in [6.07, 6.45) is 0.900. The molecule has 19 heavy (non-hydrogen) atoms. The molecular weight excluding hydrogens is 240 g/mol. The summed E-state index contributed by atoms with van der Waals surface area (Å²) in [6, 6.07) is 13.5. The normalized spacial score (nSPS) is 10.4. The van der Waals surface area contributed by atoms with E-state index in [1.807, 2.05) is 42.5 Å². The molecule has 4 nitrogen and oxygen atoms in total. The Labute approximate surface area is 113 Å². The lowest BCUT2D eigenvalue weighted by Crippen LogP contribution is -2.00. The number of benzene rings is 1. The zero-order valence-corrected chi connectivity index (χ0v) is 11.0. The van der Waals surface area contributed by atoms with Crippen molar-refractivity contribution in [2.45, 2.75) is 13.0 Å². The lowest BCUT2D eigenvalue weighted by atomic mass is 10.1. The maximum Gasteiger partial charge on any atom is 0.219 e. The first kappa shape index (κ1) is 13.5. The second-order valence-electron chi connectivity index (χ2n) is 4.16. The van der Waals surface area contributed by atoms with E-state index in [0.717, 1.165) is 24.5 Å². The summed E-state index contributed by atoms with van der Waals surface area (Å²) in [7, 11) is 1.70. The van der Waals surface area contributed by atoms with Crippen LogP contribution >= 0.6 is 0 Å². The van der Waals surface area contributed by atoms with E-state index in [9.17, 15) is 0 Å². The van der Waals surface area contributed by atoms with Gasteiger partial charge in [0.2, 0.25) is 5.88 Å². The van der Waals surface area contributed by atoms with Gasteiger partial charge >= 0.3 is 0 Å². The highest BCUT2D eigenvalue weighted by Gasteiger charge is 2.00. The van der Waals surface area contributed by atoms with E-state index in [0.29, 0.717) is 12.4 Å². The van der Waals surface area contributed by atoms with Gasteiger partial charge in [0.05, 0.1) is 12.3 Å². The van der Waals surface area contributed by atoms with Gasteiger partial charge in [-0.2, -0.15) is 0 Å². The molecular formula is C15H18N2O2. The predicted molar refractivity (Wildman–Crippen MR) is 74.2 cm³/mol. The van der Waals surface area contributed by atoms with Crippen LogP contribution in [0.3, 0.4) is 0 Å². The number of nitrogens with zero attached hydrogens (tertiary/aromatic N) is 1. The standard InChI is InChI=1S/C15H18N2O2/c1-18-10-9-12-5-7-14(8-6-12)19-15-4-2-3-13(11-16)17-15/h2-8H,9-11,16H2,1H3. The SMILES string of the molecule is COCCc1ccc(Oc2cccc(CN)n2)cc1. The highest BCUT2D eigenvalue weighted by molar-refractivity contribution is 5.31. The van der Waals surface area contributed by atoms with Gasteiger partial charge in [-0.1, -0.05) is 18.2 Å². The molecule has 2 rings (SSSR count). The van der Waals surface area contributed by atoms with Gasteiger partial charge in [-0.25, -0.2) is 4.98 Å². The van der Waals surface area contributed by atoms with Crippen LogP contribution in [0.5, 0.6) is 11.6 Å². The van der Waals surface area contributed by atoms with Crippen molar-refractivity contribution in [1.29, 1.82) is 0 Å². The summed E-state index contributed by atoms with van der Waals surface area (Å²) < 4.78 is 10.7. The summed E-state index contributed by atoms with van der Waals surface area (Å²) in [5, 5.41) is 0. The van der Waals surface area contributed by atoms with Gasteiger partial charge in [0.25, 0.3) is 0 Å². The molecule has 2 N–H and O–H groups in total. The molecule has 0 atom stereocenters. The summed E-state index contributed by atoms with van der Waals surface area (Å²) in [4.78, 5) is 4.29. The molecule has 100 valence electrons. The Kier molecular flexibility index (Phi) is 4.89. The Hall–Kier alpha value is -1.91. The molecule has 4 heteroatoms. The maximum atomic E-state index is 5.68. The molecule has 0 bridgehead atoms. The zero-order valence-electron chi connectivity index (χ0n) is 11.0. The topological polar surface area (TPSA) is 57.4 Å². The highest BCUT2D eigenvalue weighted by atomic mass is 16.5. The van der Waals surface area contributed by atoms with Crippen molar-refractivity contribution in [2.75, 3.05) is 13.7 Å². The van der Waals surface area contributed by atoms with Gasteiger partial charge in [-0.3, -0.25) is 0 Å². The Morgan fingerprint density at radius 2 is 1.89 bits per heavy atom. The Morgan fingerprint density at radius 3 is 2.58 bits per heavy atom. The highest BCUT2D eigenvalue weighted by Crippen LogP contribution is 2.20. The minimum absolute atomic E-state index is 0.410. The van der Waals surface area contributed by atoms with Crippen molar-refractivity contribution in [2.24, 2.45) is 5.73 Å². The van der Waals surface area contributed by atoms with Crippen LogP contribution in [0.25, 0.3) is 0 Å². The van der Waals surface area contributed by atoms with Crippen molar-refractivity contribution >= 4 is 0 Å². The third kappa shape index (κ3) is 4.05. The molecule has 1 aromatic heterocycles. The average molecular weight is 258 g/mol. The molecule has 0 fully saturated rings. The lowest BCUT2D eigenvalue weighted by Gasteiger charge is -2.07. The van der Waals surface area contributed by atoms with Crippen molar-refractivity contribution < 1.29 is 9.47 Å². The molecule has 0 radical (unpaired) electrons. The van der Waals surface area contributed by atoms with Crippen molar-refractivity contribution in [1.82, 2.24) is 4.98 Å². The van der Waals surface area contributed by atoms with Crippen LogP contribution in [0, 0.1) is 0 Å². The van der Waals surface area contributed by atoms with Gasteiger partial charge in [0.1, 0.15) is 5.75 Å². The van der Waals surface area contributed by atoms with Crippen molar-refractivity contribution in [3.05, 3.63) is 53.7 Å². The van der Waals surface area contributed by atoms with E-state index < -0.39 is 0 Å². The van der Waals surface area contributed by atoms with Gasteiger partial charge in [0, 0.05) is 19.7 Å². The van der Waals surface area contributed by atoms with Gasteiger partial charge in [-0.15, -0.1) is 0 Å². The van der Waals surface area contributed by atoms with E-state index in [1.165, 1.54) is 5.56 Å². The number of ether oxygens (including phenoxy) is 2. The molecule has 2 aromatic rings. The number of hydrogen-bond acceptors (Lipinski definition) is 4. The number of hydrogen-bond donors (Lipinski definition) is 1. The minimum atomic E-state index is 0.410. The van der Waals surface area contributed by atoms with Crippen LogP contribution in [0.15, 0.2) is 42.5 Å². The smallest absolute Gasteiger partial charge is 0.219 e. The summed E-state index contributed by atoms with van der Waals surface area (Å²) in [5.74, 6) is 1.33. The van der Waals surface area contributed by atoms with Crippen LogP contribution in [-0.2, 0) is 17.7 Å². The van der Waals surface area contributed by atoms with Crippen LogP contribution in [0.1, 0.15) is 11.3 Å². The first-order valence-corrected chi connectivity index (χ1v) is 6.23. The Bertz CT molecular complexity index is 512. The minimum Gasteiger partial charge on any atom is -0.439 e. The van der Waals surface area contributed by atoms with E-state index in [4.69, 9.17) is 15.2 Å². The molecule has 0 amide bonds. The second kappa shape index (κ2) is 6.87. The summed E-state index contributed by atoms with van der Waals surface area (Å²) in [5.41, 5.74) is 7.58. The quantitative estimate of drug-likeness (QED) is 0.865. The Morgan fingerprint density at radius 1 is 1.11 bits per heavy atom. The largest absolute Gasteiger partial charge is 0.439 e. The summed E-state index contributed by atoms with van der Waals surface area (Å²) >= 11 is 0. The molecule has 1 aromatic carbocycles. The molecule has 0 saturated carbocycles. The third-order valence-corrected chi connectivity index (χ3v) is 2.73. The molecule has 0 spiro atoms. The van der Waals surface area contributed by atoms with E-state index in [-0.39, 0.29) is 0 Å². The number of nitrogens with two attached hydrogens (primary N) is 1. The average Bonchev–Trinajstić information content (AvgIpc) is 2.47. The molecule has 1 heterocycles. The fraction of sp³-hybridized carbons (Fsp3) is 0.267. The number of methoxy groups -OCH3 is 1. The van der Waals surface area contributed by atoms with Crippen LogP contribution in [0.2, 0.25) is 0 Å². The Balaban J connectivity index is 2.02. The van der Waals surface area contributed by atoms with Gasteiger partial charge < -0.3 is 15.2 Å². The van der Waals surface area contributed by atoms with Crippen molar-refractivity contribution in [3.8, 4) is 11.6 Å². The molecule has 0 aliphatic heterocycles. The number of pyridine rings is 1. The third-order valence-electron chi connectivity index (χ3n) is 2.73. The van der Waals surface area contributed by atoms with Gasteiger partial charge in [0.15, 0.2) is 0 Å². The van der Waals surface area contributed by atoms with Gasteiger partial charge in [-0.05, 0) is 30.2 Å². The lowest BCUT2D eigenvalue weighted by molar-refractivity contribution is 0.202. The number of rotatable bonds is 6. The molecule has 0 aliphatic rings. The number of aromatic nitrogens is 1. The predicted octanol–water partition coefficient (Wildman–Crippen LogP) is 2.52. The van der Waals surface area contributed by atoms with Crippen LogP contribution < -0.4 is 10.5 Å². The van der Waals surface area contributed by atoms with Crippen molar-refractivity contribution in [3.63, 3.8) is 0 Å². The molecule has 0 unspecified atom stereocenters.